The Morgan fingerprint density at radius 2 is 2.10 bits per heavy atom. The summed E-state index contributed by atoms with van der Waals surface area (Å²) in [5.41, 5.74) is 3.75. The number of hydrogen-bond donors (Lipinski definition) is 2. The first-order chi connectivity index (χ1) is 14.0. The van der Waals surface area contributed by atoms with E-state index < -0.39 is 0 Å². The number of rotatable bonds is 8. The topological polar surface area (TPSA) is 102 Å². The summed E-state index contributed by atoms with van der Waals surface area (Å²) in [6.45, 7) is 4.09. The lowest BCUT2D eigenvalue weighted by molar-refractivity contribution is 0.0922. The lowest BCUT2D eigenvalue weighted by Crippen LogP contribution is -2.35. The van der Waals surface area contributed by atoms with Crippen molar-refractivity contribution in [3.8, 4) is 16.9 Å². The van der Waals surface area contributed by atoms with Gasteiger partial charge in [-0.1, -0.05) is 6.07 Å². The van der Waals surface area contributed by atoms with Crippen molar-refractivity contribution in [2.24, 2.45) is 0 Å². The van der Waals surface area contributed by atoms with E-state index >= 15 is 0 Å². The number of aliphatic hydroxyl groups excluding tert-OH is 1. The zero-order valence-electron chi connectivity index (χ0n) is 16.8. The van der Waals surface area contributed by atoms with E-state index in [2.05, 4.69) is 20.4 Å². The SMILES string of the molecule is COCCc1ncnn1-c1cc(C(=O)NC(C)CO)cc(-c2ccc(C)cn2)c1. The van der Waals surface area contributed by atoms with Crippen LogP contribution in [0.2, 0.25) is 0 Å². The fourth-order valence-corrected chi connectivity index (χ4v) is 2.85. The van der Waals surface area contributed by atoms with E-state index in [1.807, 2.05) is 25.1 Å². The van der Waals surface area contributed by atoms with E-state index in [-0.39, 0.29) is 18.6 Å². The molecule has 2 N–H and O–H groups in total. The van der Waals surface area contributed by atoms with Crippen molar-refractivity contribution in [2.75, 3.05) is 20.3 Å². The van der Waals surface area contributed by atoms with Gasteiger partial charge in [-0.15, -0.1) is 0 Å². The molecular weight excluding hydrogens is 370 g/mol. The summed E-state index contributed by atoms with van der Waals surface area (Å²) < 4.78 is 6.85. The molecule has 0 bridgehead atoms. The van der Waals surface area contributed by atoms with Crippen LogP contribution < -0.4 is 5.32 Å². The predicted octanol–water partition coefficient (Wildman–Crippen LogP) is 1.94. The van der Waals surface area contributed by atoms with Gasteiger partial charge >= 0.3 is 0 Å². The minimum Gasteiger partial charge on any atom is -0.394 e. The van der Waals surface area contributed by atoms with Crippen LogP contribution in [0.3, 0.4) is 0 Å². The summed E-state index contributed by atoms with van der Waals surface area (Å²) in [5.74, 6) is 0.455. The van der Waals surface area contributed by atoms with E-state index in [4.69, 9.17) is 4.74 Å². The Labute approximate surface area is 169 Å². The molecule has 3 rings (SSSR count). The zero-order chi connectivity index (χ0) is 20.8. The van der Waals surface area contributed by atoms with Gasteiger partial charge in [-0.3, -0.25) is 9.78 Å². The number of methoxy groups -OCH3 is 1. The number of aliphatic hydroxyl groups is 1. The van der Waals surface area contributed by atoms with Crippen LogP contribution in [-0.2, 0) is 11.2 Å². The molecule has 29 heavy (non-hydrogen) atoms. The summed E-state index contributed by atoms with van der Waals surface area (Å²) in [5, 5.41) is 16.4. The second kappa shape index (κ2) is 9.40. The van der Waals surface area contributed by atoms with Crippen LogP contribution in [0.1, 0.15) is 28.7 Å². The third-order valence-corrected chi connectivity index (χ3v) is 4.43. The van der Waals surface area contributed by atoms with Crippen molar-refractivity contribution in [1.29, 1.82) is 0 Å². The van der Waals surface area contributed by atoms with E-state index in [0.717, 1.165) is 22.6 Å². The molecule has 2 aromatic heterocycles. The molecule has 1 atom stereocenters. The lowest BCUT2D eigenvalue weighted by atomic mass is 10.0. The number of aromatic nitrogens is 4. The summed E-state index contributed by atoms with van der Waals surface area (Å²) >= 11 is 0. The molecule has 1 amide bonds. The summed E-state index contributed by atoms with van der Waals surface area (Å²) in [4.78, 5) is 21.5. The van der Waals surface area contributed by atoms with Gasteiger partial charge < -0.3 is 15.2 Å². The first-order valence-electron chi connectivity index (χ1n) is 9.40. The van der Waals surface area contributed by atoms with Crippen LogP contribution in [0.15, 0.2) is 42.9 Å². The quantitative estimate of drug-likeness (QED) is 0.604. The number of pyridine rings is 1. The normalized spacial score (nSPS) is 12.0. The Morgan fingerprint density at radius 3 is 2.79 bits per heavy atom. The Kier molecular flexibility index (Phi) is 6.69. The summed E-state index contributed by atoms with van der Waals surface area (Å²) in [6.07, 6.45) is 3.86. The molecule has 0 fully saturated rings. The minimum absolute atomic E-state index is 0.137. The fraction of sp³-hybridized carbons (Fsp3) is 0.333. The van der Waals surface area contributed by atoms with Gasteiger partial charge in [0.15, 0.2) is 0 Å². The third kappa shape index (κ3) is 5.04. The Balaban J connectivity index is 2.06. The highest BCUT2D eigenvalue weighted by atomic mass is 16.5. The molecule has 1 aromatic carbocycles. The zero-order valence-corrected chi connectivity index (χ0v) is 16.8. The smallest absolute Gasteiger partial charge is 0.251 e. The second-order valence-corrected chi connectivity index (χ2v) is 6.88. The van der Waals surface area contributed by atoms with Crippen LogP contribution in [0.4, 0.5) is 0 Å². The molecule has 152 valence electrons. The maximum absolute atomic E-state index is 12.7. The van der Waals surface area contributed by atoms with Crippen molar-refractivity contribution in [2.45, 2.75) is 26.3 Å². The Bertz CT molecular complexity index is 969. The van der Waals surface area contributed by atoms with Crippen LogP contribution in [0, 0.1) is 6.92 Å². The average molecular weight is 395 g/mol. The average Bonchev–Trinajstić information content (AvgIpc) is 3.20. The Morgan fingerprint density at radius 1 is 1.28 bits per heavy atom. The van der Waals surface area contributed by atoms with Crippen LogP contribution in [0.25, 0.3) is 16.9 Å². The Hall–Kier alpha value is -3.10. The number of carbonyl (C=O) groups is 1. The molecule has 0 aliphatic rings. The van der Waals surface area contributed by atoms with E-state index in [1.54, 1.807) is 37.0 Å². The molecule has 0 saturated carbocycles. The first-order valence-corrected chi connectivity index (χ1v) is 9.40. The number of benzene rings is 1. The molecule has 8 nitrogen and oxygen atoms in total. The third-order valence-electron chi connectivity index (χ3n) is 4.43. The van der Waals surface area contributed by atoms with Gasteiger partial charge in [0.05, 0.1) is 24.6 Å². The molecule has 0 radical (unpaired) electrons. The van der Waals surface area contributed by atoms with Crippen LogP contribution in [-0.4, -0.2) is 57.1 Å². The van der Waals surface area contributed by atoms with Gasteiger partial charge in [0.1, 0.15) is 12.2 Å². The fourth-order valence-electron chi connectivity index (χ4n) is 2.85. The molecule has 1 unspecified atom stereocenters. The van der Waals surface area contributed by atoms with Crippen molar-refractivity contribution in [3.63, 3.8) is 0 Å². The number of aryl methyl sites for hydroxylation is 1. The van der Waals surface area contributed by atoms with Gasteiger partial charge in [0.2, 0.25) is 0 Å². The maximum Gasteiger partial charge on any atom is 0.251 e. The lowest BCUT2D eigenvalue weighted by Gasteiger charge is -2.14. The molecule has 2 heterocycles. The summed E-state index contributed by atoms with van der Waals surface area (Å²) in [7, 11) is 1.63. The van der Waals surface area contributed by atoms with Crippen molar-refractivity contribution < 1.29 is 14.6 Å². The number of carbonyl (C=O) groups excluding carboxylic acids is 1. The van der Waals surface area contributed by atoms with E-state index in [0.29, 0.717) is 24.3 Å². The molecule has 0 saturated heterocycles. The van der Waals surface area contributed by atoms with Crippen LogP contribution >= 0.6 is 0 Å². The van der Waals surface area contributed by atoms with Gasteiger partial charge in [0, 0.05) is 36.9 Å². The monoisotopic (exact) mass is 395 g/mol. The van der Waals surface area contributed by atoms with Gasteiger partial charge in [-0.25, -0.2) is 9.67 Å². The van der Waals surface area contributed by atoms with Gasteiger partial charge in [-0.05, 0) is 43.7 Å². The maximum atomic E-state index is 12.7. The first kappa shape index (κ1) is 20.6. The molecule has 0 aliphatic heterocycles. The molecule has 0 aliphatic carbocycles. The van der Waals surface area contributed by atoms with Crippen LogP contribution in [0.5, 0.6) is 0 Å². The highest BCUT2D eigenvalue weighted by Gasteiger charge is 2.15. The molecular formula is C21H25N5O3. The largest absolute Gasteiger partial charge is 0.394 e. The number of hydrogen-bond acceptors (Lipinski definition) is 6. The predicted molar refractivity (Wildman–Crippen MR) is 109 cm³/mol. The number of amides is 1. The van der Waals surface area contributed by atoms with Gasteiger partial charge in [-0.2, -0.15) is 5.10 Å². The van der Waals surface area contributed by atoms with Crippen molar-refractivity contribution >= 4 is 5.91 Å². The van der Waals surface area contributed by atoms with Crippen molar-refractivity contribution in [3.05, 3.63) is 59.8 Å². The van der Waals surface area contributed by atoms with Gasteiger partial charge in [0.25, 0.3) is 5.91 Å². The highest BCUT2D eigenvalue weighted by molar-refractivity contribution is 5.96. The molecule has 3 aromatic rings. The molecule has 0 spiro atoms. The number of ether oxygens (including phenoxy) is 1. The van der Waals surface area contributed by atoms with Crippen molar-refractivity contribution in [1.82, 2.24) is 25.1 Å². The highest BCUT2D eigenvalue weighted by Crippen LogP contribution is 2.24. The van der Waals surface area contributed by atoms with E-state index in [1.165, 1.54) is 6.33 Å². The number of nitrogens with one attached hydrogen (secondary N) is 1. The minimum atomic E-state index is -0.351. The van der Waals surface area contributed by atoms with E-state index in [9.17, 15) is 9.90 Å². The molecule has 8 heteroatoms. The summed E-state index contributed by atoms with van der Waals surface area (Å²) in [6, 6.07) is 9.00. The second-order valence-electron chi connectivity index (χ2n) is 6.88. The standard InChI is InChI=1S/C21H25N5O3/c1-14-4-5-19(22-11-14)16-8-17(21(28)25-15(2)12-27)10-18(9-16)26-20(6-7-29-3)23-13-24-26/h4-5,8-11,13,15,27H,6-7,12H2,1-3H3,(H,25,28). The number of nitrogens with zero attached hydrogens (tertiary/aromatic N) is 4.